The molecule has 0 aliphatic carbocycles. The molecule has 5 nitrogen and oxygen atoms in total. The van der Waals surface area contributed by atoms with Crippen LogP contribution in [0, 0.1) is 0 Å². The molecule has 0 saturated carbocycles. The summed E-state index contributed by atoms with van der Waals surface area (Å²) in [7, 11) is -3.83. The third-order valence-corrected chi connectivity index (χ3v) is 4.84. The summed E-state index contributed by atoms with van der Waals surface area (Å²) in [5.41, 5.74) is 0.223. The third-order valence-electron chi connectivity index (χ3n) is 3.40. The zero-order chi connectivity index (χ0) is 16.4. The number of benzene rings is 3. The Kier molecular flexibility index (Phi) is 3.75. The molecule has 2 N–H and O–H groups in total. The predicted molar refractivity (Wildman–Crippen MR) is 88.2 cm³/mol. The summed E-state index contributed by atoms with van der Waals surface area (Å²) in [5.74, 6) is -1.11. The maximum absolute atomic E-state index is 12.6. The Morgan fingerprint density at radius 1 is 0.913 bits per heavy atom. The second kappa shape index (κ2) is 5.73. The van der Waals surface area contributed by atoms with Gasteiger partial charge in [-0.1, -0.05) is 42.5 Å². The van der Waals surface area contributed by atoms with Crippen molar-refractivity contribution in [2.75, 3.05) is 4.72 Å². The normalized spacial score (nSPS) is 11.3. The molecule has 0 unspecified atom stereocenters. The highest BCUT2D eigenvalue weighted by Gasteiger charge is 2.17. The highest BCUT2D eigenvalue weighted by Crippen LogP contribution is 2.25. The largest absolute Gasteiger partial charge is 0.478 e. The second-order valence-electron chi connectivity index (χ2n) is 4.97. The number of rotatable bonds is 4. The van der Waals surface area contributed by atoms with Crippen LogP contribution in [0.3, 0.4) is 0 Å². The van der Waals surface area contributed by atoms with E-state index in [0.29, 0.717) is 5.39 Å². The number of carboxylic acid groups (broad SMARTS) is 1. The van der Waals surface area contributed by atoms with E-state index in [9.17, 15) is 13.2 Å². The second-order valence-corrected chi connectivity index (χ2v) is 6.62. The molecule has 6 heteroatoms. The summed E-state index contributed by atoms with van der Waals surface area (Å²) in [6, 6.07) is 17.9. The van der Waals surface area contributed by atoms with Crippen molar-refractivity contribution in [2.24, 2.45) is 0 Å². The molecule has 0 aliphatic rings. The zero-order valence-electron chi connectivity index (χ0n) is 11.9. The van der Waals surface area contributed by atoms with Crippen molar-refractivity contribution in [3.05, 3.63) is 72.3 Å². The number of carbonyl (C=O) groups is 1. The topological polar surface area (TPSA) is 83.5 Å². The average molecular weight is 327 g/mol. The van der Waals surface area contributed by atoms with E-state index in [1.807, 2.05) is 18.2 Å². The lowest BCUT2D eigenvalue weighted by molar-refractivity contribution is 0.0697. The van der Waals surface area contributed by atoms with E-state index in [1.165, 1.54) is 30.3 Å². The monoisotopic (exact) mass is 327 g/mol. The van der Waals surface area contributed by atoms with Gasteiger partial charge in [0.1, 0.15) is 0 Å². The first-order valence-electron chi connectivity index (χ1n) is 6.81. The van der Waals surface area contributed by atoms with Gasteiger partial charge in [0.2, 0.25) is 0 Å². The van der Waals surface area contributed by atoms with E-state index < -0.39 is 16.0 Å². The highest BCUT2D eigenvalue weighted by molar-refractivity contribution is 7.93. The van der Waals surface area contributed by atoms with E-state index in [0.717, 1.165) is 5.39 Å². The van der Waals surface area contributed by atoms with Crippen molar-refractivity contribution in [3.63, 3.8) is 0 Å². The highest BCUT2D eigenvalue weighted by atomic mass is 32.2. The Morgan fingerprint density at radius 3 is 2.39 bits per heavy atom. The van der Waals surface area contributed by atoms with Crippen LogP contribution in [0.4, 0.5) is 5.69 Å². The van der Waals surface area contributed by atoms with Gasteiger partial charge in [-0.25, -0.2) is 13.2 Å². The Morgan fingerprint density at radius 2 is 1.61 bits per heavy atom. The molecule has 0 fully saturated rings. The molecule has 0 amide bonds. The van der Waals surface area contributed by atoms with Gasteiger partial charge in [0.15, 0.2) is 0 Å². The molecule has 0 aliphatic heterocycles. The van der Waals surface area contributed by atoms with Gasteiger partial charge < -0.3 is 5.11 Å². The van der Waals surface area contributed by atoms with Crippen LogP contribution < -0.4 is 4.72 Å². The third kappa shape index (κ3) is 3.02. The Hall–Kier alpha value is -2.86. The summed E-state index contributed by atoms with van der Waals surface area (Å²) < 4.78 is 27.7. The van der Waals surface area contributed by atoms with Gasteiger partial charge in [-0.05, 0) is 29.7 Å². The number of nitrogens with one attached hydrogen (secondary N) is 1. The fraction of sp³-hybridized carbons (Fsp3) is 0. The van der Waals surface area contributed by atoms with Crippen LogP contribution in [0.25, 0.3) is 10.8 Å². The first-order valence-corrected chi connectivity index (χ1v) is 8.30. The molecule has 3 aromatic carbocycles. The van der Waals surface area contributed by atoms with Gasteiger partial charge >= 0.3 is 5.97 Å². The van der Waals surface area contributed by atoms with E-state index in [4.69, 9.17) is 5.11 Å². The van der Waals surface area contributed by atoms with Crippen LogP contribution in [0.15, 0.2) is 71.6 Å². The smallest absolute Gasteiger partial charge is 0.335 e. The number of sulfonamides is 1. The predicted octanol–water partition coefficient (Wildman–Crippen LogP) is 3.34. The van der Waals surface area contributed by atoms with Gasteiger partial charge in [-0.3, -0.25) is 4.72 Å². The quantitative estimate of drug-likeness (QED) is 0.770. The van der Waals surface area contributed by atoms with Crippen LogP contribution >= 0.6 is 0 Å². The molecule has 3 aromatic rings. The number of carboxylic acids is 1. The lowest BCUT2D eigenvalue weighted by Crippen LogP contribution is -2.13. The molecule has 0 heterocycles. The average Bonchev–Trinajstić information content (AvgIpc) is 2.54. The summed E-state index contributed by atoms with van der Waals surface area (Å²) in [6.45, 7) is 0. The minimum atomic E-state index is -3.83. The zero-order valence-corrected chi connectivity index (χ0v) is 12.7. The van der Waals surface area contributed by atoms with Gasteiger partial charge in [-0.15, -0.1) is 0 Å². The van der Waals surface area contributed by atoms with Crippen molar-refractivity contribution in [1.82, 2.24) is 0 Å². The number of hydrogen-bond donors (Lipinski definition) is 2. The maximum atomic E-state index is 12.6. The molecule has 116 valence electrons. The number of anilines is 1. The maximum Gasteiger partial charge on any atom is 0.335 e. The van der Waals surface area contributed by atoms with E-state index in [1.54, 1.807) is 18.2 Å². The van der Waals surface area contributed by atoms with Crippen LogP contribution in [0.2, 0.25) is 0 Å². The molecular formula is C17H13NO4S. The van der Waals surface area contributed by atoms with Crippen molar-refractivity contribution >= 4 is 32.5 Å². The van der Waals surface area contributed by atoms with Crippen LogP contribution in [0.1, 0.15) is 10.4 Å². The standard InChI is InChI=1S/C17H13NO4S/c19-17(20)13-7-3-8-14(11-13)18-23(21,22)16-10-4-6-12-5-1-2-9-15(12)16/h1-11,18H,(H,19,20). The van der Waals surface area contributed by atoms with Crippen molar-refractivity contribution in [1.29, 1.82) is 0 Å². The van der Waals surface area contributed by atoms with E-state index >= 15 is 0 Å². The fourth-order valence-corrected chi connectivity index (χ4v) is 3.64. The summed E-state index contributed by atoms with van der Waals surface area (Å²) in [5, 5.41) is 10.4. The number of aromatic carboxylic acids is 1. The van der Waals surface area contributed by atoms with Crippen LogP contribution in [-0.2, 0) is 10.0 Å². The van der Waals surface area contributed by atoms with Gasteiger partial charge in [0.05, 0.1) is 10.5 Å². The molecule has 0 atom stereocenters. The summed E-state index contributed by atoms with van der Waals surface area (Å²) in [6.07, 6.45) is 0. The van der Waals surface area contributed by atoms with Gasteiger partial charge in [-0.2, -0.15) is 0 Å². The van der Waals surface area contributed by atoms with Crippen LogP contribution in [-0.4, -0.2) is 19.5 Å². The SMILES string of the molecule is O=C(O)c1cccc(NS(=O)(=O)c2cccc3ccccc23)c1. The molecular weight excluding hydrogens is 314 g/mol. The summed E-state index contributed by atoms with van der Waals surface area (Å²) in [4.78, 5) is 11.1. The molecule has 0 bridgehead atoms. The van der Waals surface area contributed by atoms with Crippen molar-refractivity contribution in [2.45, 2.75) is 4.90 Å². The van der Waals surface area contributed by atoms with Gasteiger partial charge in [0.25, 0.3) is 10.0 Å². The summed E-state index contributed by atoms with van der Waals surface area (Å²) >= 11 is 0. The Labute approximate surface area is 133 Å². The molecule has 23 heavy (non-hydrogen) atoms. The van der Waals surface area contributed by atoms with Crippen molar-refractivity contribution < 1.29 is 18.3 Å². The first kappa shape index (κ1) is 15.1. The lowest BCUT2D eigenvalue weighted by Gasteiger charge is -2.11. The minimum Gasteiger partial charge on any atom is -0.478 e. The minimum absolute atomic E-state index is 0.0168. The Bertz CT molecular complexity index is 991. The molecule has 0 spiro atoms. The lowest BCUT2D eigenvalue weighted by atomic mass is 10.1. The van der Waals surface area contributed by atoms with Crippen molar-refractivity contribution in [3.8, 4) is 0 Å². The molecule has 0 radical (unpaired) electrons. The van der Waals surface area contributed by atoms with Crippen LogP contribution in [0.5, 0.6) is 0 Å². The molecule has 0 saturated heterocycles. The Balaban J connectivity index is 2.05. The van der Waals surface area contributed by atoms with E-state index in [2.05, 4.69) is 4.72 Å². The van der Waals surface area contributed by atoms with Gasteiger partial charge in [0, 0.05) is 11.1 Å². The number of hydrogen-bond acceptors (Lipinski definition) is 3. The fourth-order valence-electron chi connectivity index (χ4n) is 2.36. The number of fused-ring (bicyclic) bond motifs is 1. The van der Waals surface area contributed by atoms with E-state index in [-0.39, 0.29) is 16.1 Å². The molecule has 3 rings (SSSR count). The molecule has 0 aromatic heterocycles. The first-order chi connectivity index (χ1) is 11.0.